The minimum Gasteiger partial charge on any atom is -0.478 e. The highest BCUT2D eigenvalue weighted by Gasteiger charge is 2.24. The van der Waals surface area contributed by atoms with Gasteiger partial charge in [-0.2, -0.15) is 0 Å². The van der Waals surface area contributed by atoms with E-state index in [0.29, 0.717) is 12.2 Å². The highest BCUT2D eigenvalue weighted by Crippen LogP contribution is 2.48. The van der Waals surface area contributed by atoms with Crippen molar-refractivity contribution in [2.45, 2.75) is 23.1 Å². The van der Waals surface area contributed by atoms with Crippen molar-refractivity contribution in [3.8, 4) is 0 Å². The van der Waals surface area contributed by atoms with Gasteiger partial charge in [0.2, 0.25) is 0 Å². The molecule has 0 aliphatic carbocycles. The van der Waals surface area contributed by atoms with Gasteiger partial charge < -0.3 is 25.1 Å². The van der Waals surface area contributed by atoms with Gasteiger partial charge in [-0.25, -0.2) is 9.59 Å². The van der Waals surface area contributed by atoms with Crippen LogP contribution in [0.4, 0.5) is 11.4 Å². The molecule has 198 valence electrons. The maximum absolute atomic E-state index is 11.8. The van der Waals surface area contributed by atoms with Gasteiger partial charge >= 0.3 is 11.9 Å². The molecule has 2 aromatic rings. The largest absolute Gasteiger partial charge is 0.478 e. The molecule has 0 spiro atoms. The van der Waals surface area contributed by atoms with Crippen LogP contribution in [-0.4, -0.2) is 95.3 Å². The van der Waals surface area contributed by atoms with Crippen LogP contribution in [0.25, 0.3) is 0 Å². The number of carboxylic acids is 2. The van der Waals surface area contributed by atoms with Crippen LogP contribution in [0.15, 0.2) is 64.4 Å². The summed E-state index contributed by atoms with van der Waals surface area (Å²) in [5.41, 5.74) is 3.23. The molecule has 0 amide bonds. The summed E-state index contributed by atoms with van der Waals surface area (Å²) in [7, 11) is 0. The highest BCUT2D eigenvalue weighted by atomic mass is 32.2. The number of carbonyl (C=O) groups excluding carboxylic acids is 1. The summed E-state index contributed by atoms with van der Waals surface area (Å²) in [6.45, 7) is 8.94. The zero-order chi connectivity index (χ0) is 26.8. The van der Waals surface area contributed by atoms with Crippen LogP contribution in [0, 0.1) is 0 Å². The van der Waals surface area contributed by atoms with Gasteiger partial charge in [-0.1, -0.05) is 23.9 Å². The topological polar surface area (TPSA) is 122 Å². The quantitative estimate of drug-likeness (QED) is 0.331. The number of anilines is 2. The number of rotatable bonds is 9. The molecule has 1 fully saturated rings. The van der Waals surface area contributed by atoms with Crippen molar-refractivity contribution >= 4 is 40.9 Å². The first kappa shape index (κ1) is 28.4. The summed E-state index contributed by atoms with van der Waals surface area (Å²) < 4.78 is 0. The van der Waals surface area contributed by atoms with Crippen LogP contribution in [0.2, 0.25) is 0 Å². The van der Waals surface area contributed by atoms with Crippen LogP contribution in [-0.2, 0) is 9.59 Å². The van der Waals surface area contributed by atoms with E-state index in [0.717, 1.165) is 62.7 Å². The van der Waals surface area contributed by atoms with E-state index in [-0.39, 0.29) is 12.4 Å². The van der Waals surface area contributed by atoms with E-state index in [1.165, 1.54) is 16.3 Å². The fourth-order valence-electron chi connectivity index (χ4n) is 4.27. The maximum atomic E-state index is 11.8. The first-order valence-corrected chi connectivity index (χ1v) is 13.0. The van der Waals surface area contributed by atoms with Crippen molar-refractivity contribution in [1.82, 2.24) is 9.80 Å². The van der Waals surface area contributed by atoms with Crippen molar-refractivity contribution in [1.29, 1.82) is 0 Å². The lowest BCUT2D eigenvalue weighted by molar-refractivity contribution is -0.134. The lowest BCUT2D eigenvalue weighted by Gasteiger charge is -2.36. The highest BCUT2D eigenvalue weighted by molar-refractivity contribution is 7.99. The van der Waals surface area contributed by atoms with Crippen LogP contribution < -0.4 is 4.90 Å². The number of Topliss-reactive ketones (excluding diaryl/α,β-unsaturated/α-hetero) is 1. The van der Waals surface area contributed by atoms with Crippen LogP contribution >= 0.6 is 11.8 Å². The van der Waals surface area contributed by atoms with Crippen molar-refractivity contribution in [2.75, 3.05) is 57.3 Å². The van der Waals surface area contributed by atoms with Crippen molar-refractivity contribution < 1.29 is 29.7 Å². The maximum Gasteiger partial charge on any atom is 0.328 e. The Bertz CT molecular complexity index is 1110. The van der Waals surface area contributed by atoms with Gasteiger partial charge in [-0.3, -0.25) is 9.69 Å². The van der Waals surface area contributed by atoms with Gasteiger partial charge in [0.05, 0.1) is 18.0 Å². The zero-order valence-corrected chi connectivity index (χ0v) is 21.7. The lowest BCUT2D eigenvalue weighted by atomic mass is 10.1. The summed E-state index contributed by atoms with van der Waals surface area (Å²) in [6, 6.07) is 14.6. The summed E-state index contributed by atoms with van der Waals surface area (Å²) >= 11 is 1.75. The molecule has 0 atom stereocenters. The molecule has 2 aromatic carbocycles. The molecule has 9 nitrogen and oxygen atoms in total. The van der Waals surface area contributed by atoms with E-state index < -0.39 is 11.9 Å². The minimum atomic E-state index is -1.26. The minimum absolute atomic E-state index is 0.110. The third kappa shape index (κ3) is 8.43. The predicted octanol–water partition coefficient (Wildman–Crippen LogP) is 3.20. The monoisotopic (exact) mass is 527 g/mol. The number of hydrogen-bond acceptors (Lipinski definition) is 8. The van der Waals surface area contributed by atoms with Crippen LogP contribution in [0.5, 0.6) is 0 Å². The molecular formula is C27H33N3O6S. The van der Waals surface area contributed by atoms with Gasteiger partial charge in [0.25, 0.3) is 0 Å². The Morgan fingerprint density at radius 3 is 2.03 bits per heavy atom. The first-order valence-electron chi connectivity index (χ1n) is 12.2. The predicted molar refractivity (Wildman–Crippen MR) is 143 cm³/mol. The van der Waals surface area contributed by atoms with E-state index in [4.69, 9.17) is 15.3 Å². The molecule has 3 N–H and O–H groups in total. The number of piperazine rings is 1. The van der Waals surface area contributed by atoms with Crippen LogP contribution in [0.3, 0.4) is 0 Å². The number of benzene rings is 2. The van der Waals surface area contributed by atoms with Gasteiger partial charge in [0, 0.05) is 66.8 Å². The Labute approximate surface area is 221 Å². The number of carboxylic acid groups (broad SMARTS) is 2. The van der Waals surface area contributed by atoms with E-state index in [9.17, 15) is 14.4 Å². The third-order valence-corrected chi connectivity index (χ3v) is 7.25. The number of nitrogens with zero attached hydrogens (tertiary/aromatic N) is 3. The van der Waals surface area contributed by atoms with Gasteiger partial charge in [0.15, 0.2) is 5.78 Å². The Hall–Kier alpha value is -3.18. The second kappa shape index (κ2) is 13.9. The summed E-state index contributed by atoms with van der Waals surface area (Å²) in [6.07, 6.45) is 2.21. The number of para-hydroxylation sites is 1. The number of aliphatic carboxylic acids is 2. The lowest BCUT2D eigenvalue weighted by Crippen LogP contribution is -2.47. The molecule has 37 heavy (non-hydrogen) atoms. The second-order valence-electron chi connectivity index (χ2n) is 8.73. The fraction of sp³-hybridized carbons (Fsp3) is 0.370. The molecule has 1 saturated heterocycles. The average Bonchev–Trinajstić information content (AvgIpc) is 2.88. The van der Waals surface area contributed by atoms with Gasteiger partial charge in [-0.15, -0.1) is 0 Å². The van der Waals surface area contributed by atoms with E-state index in [1.54, 1.807) is 18.7 Å². The molecular weight excluding hydrogens is 494 g/mol. The van der Waals surface area contributed by atoms with E-state index in [2.05, 4.69) is 45.0 Å². The second-order valence-corrected chi connectivity index (χ2v) is 9.81. The number of hydrogen-bond donors (Lipinski definition) is 3. The van der Waals surface area contributed by atoms with Crippen molar-refractivity contribution in [3.05, 3.63) is 60.2 Å². The Kier molecular flexibility index (Phi) is 10.7. The first-order chi connectivity index (χ1) is 17.8. The SMILES string of the molecule is CC(=O)c1ccc2c(c1)Sc1ccccc1N2CCCN1CCN(CCO)CC1.O=C(O)/C=C\C(=O)O. The third-order valence-electron chi connectivity index (χ3n) is 6.14. The molecule has 0 unspecified atom stereocenters. The standard InChI is InChI=1S/C23H29N3O2S.C4H4O4/c1-18(28)19-7-8-21-23(17-19)29-22-6-3-2-5-20(22)26(21)10-4-9-24-11-13-25(14-12-24)15-16-27;5-3(6)1-2-4(7)8/h2-3,5-8,17,27H,4,9-16H2,1H3;1-2H,(H,5,6)(H,7,8)/b;2-1-. The van der Waals surface area contributed by atoms with E-state index >= 15 is 0 Å². The average molecular weight is 528 g/mol. The Morgan fingerprint density at radius 1 is 0.838 bits per heavy atom. The van der Waals surface area contributed by atoms with Crippen molar-refractivity contribution in [3.63, 3.8) is 0 Å². The molecule has 2 heterocycles. The van der Waals surface area contributed by atoms with Crippen molar-refractivity contribution in [2.24, 2.45) is 0 Å². The Balaban J connectivity index is 0.000000414. The molecule has 0 aromatic heterocycles. The number of ketones is 1. The molecule has 0 bridgehead atoms. The summed E-state index contributed by atoms with van der Waals surface area (Å²) in [4.78, 5) is 40.6. The van der Waals surface area contributed by atoms with Crippen LogP contribution in [0.1, 0.15) is 23.7 Å². The molecule has 4 rings (SSSR count). The Morgan fingerprint density at radius 2 is 1.43 bits per heavy atom. The fourth-order valence-corrected chi connectivity index (χ4v) is 5.40. The van der Waals surface area contributed by atoms with Gasteiger partial charge in [0.1, 0.15) is 0 Å². The van der Waals surface area contributed by atoms with E-state index in [1.807, 2.05) is 12.1 Å². The molecule has 0 radical (unpaired) electrons. The molecule has 2 aliphatic heterocycles. The number of aliphatic hydroxyl groups is 1. The number of β-amino-alcohol motifs (C(OH)–C–C–N with tert-alkyl or cyclic N) is 1. The molecule has 2 aliphatic rings. The normalized spacial score (nSPS) is 15.5. The smallest absolute Gasteiger partial charge is 0.328 e. The number of aliphatic hydroxyl groups excluding tert-OH is 1. The van der Waals surface area contributed by atoms with Gasteiger partial charge in [-0.05, 0) is 50.2 Å². The summed E-state index contributed by atoms with van der Waals surface area (Å²) in [5.74, 6) is -2.40. The summed E-state index contributed by atoms with van der Waals surface area (Å²) in [5, 5.41) is 24.7. The molecule has 10 heteroatoms. The number of fused-ring (bicyclic) bond motifs is 2. The number of carbonyl (C=O) groups is 3. The zero-order valence-electron chi connectivity index (χ0n) is 20.9. The molecule has 0 saturated carbocycles.